The molecule has 146 valence electrons. The van der Waals surface area contributed by atoms with Crippen LogP contribution in [-0.2, 0) is 0 Å². The third-order valence-electron chi connectivity index (χ3n) is 5.21. The van der Waals surface area contributed by atoms with Crippen molar-refractivity contribution >= 4 is 17.1 Å². The molecule has 4 heterocycles. The van der Waals surface area contributed by atoms with E-state index in [2.05, 4.69) is 25.8 Å². The van der Waals surface area contributed by atoms with Gasteiger partial charge in [0.15, 0.2) is 5.78 Å². The Balaban J connectivity index is 1.34. The van der Waals surface area contributed by atoms with Gasteiger partial charge in [-0.05, 0) is 30.7 Å². The minimum absolute atomic E-state index is 0.0344. The molecule has 1 aliphatic heterocycles. The van der Waals surface area contributed by atoms with Crippen LogP contribution in [0.1, 0.15) is 27.9 Å². The Bertz CT molecular complexity index is 1190. The fourth-order valence-electron chi connectivity index (χ4n) is 3.34. The number of hydrogen-bond donors (Lipinski definition) is 2. The molecule has 1 fully saturated rings. The highest BCUT2D eigenvalue weighted by molar-refractivity contribution is 5.98. The van der Waals surface area contributed by atoms with E-state index in [9.17, 15) is 4.79 Å². The van der Waals surface area contributed by atoms with E-state index in [1.54, 1.807) is 10.6 Å². The first-order valence-electron chi connectivity index (χ1n) is 9.53. The molecule has 5 rings (SSSR count). The third kappa shape index (κ3) is 3.27. The lowest BCUT2D eigenvalue weighted by Gasteiger charge is -2.22. The molecule has 1 aliphatic rings. The van der Waals surface area contributed by atoms with Crippen molar-refractivity contribution in [1.29, 1.82) is 0 Å². The summed E-state index contributed by atoms with van der Waals surface area (Å²) in [6, 6.07) is 11.5. The molecule has 4 aromatic rings. The smallest absolute Gasteiger partial charge is 0.232 e. The van der Waals surface area contributed by atoms with Gasteiger partial charge in [-0.15, -0.1) is 0 Å². The Morgan fingerprint density at radius 3 is 3.03 bits per heavy atom. The number of fused-ring (bicyclic) bond motifs is 1. The van der Waals surface area contributed by atoms with Crippen LogP contribution in [0.2, 0.25) is 0 Å². The Hall–Kier alpha value is -3.52. The Kier molecular flexibility index (Phi) is 4.33. The summed E-state index contributed by atoms with van der Waals surface area (Å²) >= 11 is 0. The lowest BCUT2D eigenvalue weighted by Crippen LogP contribution is -2.40. The summed E-state index contributed by atoms with van der Waals surface area (Å²) in [6.07, 6.45) is 3.45. The van der Waals surface area contributed by atoms with Crippen molar-refractivity contribution < 1.29 is 9.32 Å². The summed E-state index contributed by atoms with van der Waals surface area (Å²) in [5.41, 5.74) is 4.05. The number of Topliss-reactive ketones (excluding diaryl/α,β-unsaturated/α-hetero) is 1. The van der Waals surface area contributed by atoms with Gasteiger partial charge in [0.1, 0.15) is 11.3 Å². The van der Waals surface area contributed by atoms with Crippen molar-refractivity contribution in [2.45, 2.75) is 12.8 Å². The number of hydrogen-bond acceptors (Lipinski definition) is 7. The molecule has 0 spiro atoms. The largest absolute Gasteiger partial charge is 0.377 e. The maximum absolute atomic E-state index is 12.7. The van der Waals surface area contributed by atoms with Crippen molar-refractivity contribution in [3.05, 3.63) is 65.9 Å². The number of anilines is 1. The van der Waals surface area contributed by atoms with Crippen LogP contribution in [0.4, 0.5) is 5.69 Å². The van der Waals surface area contributed by atoms with E-state index in [1.807, 2.05) is 49.5 Å². The van der Waals surface area contributed by atoms with E-state index < -0.39 is 0 Å². The summed E-state index contributed by atoms with van der Waals surface area (Å²) < 4.78 is 7.19. The molecule has 0 unspecified atom stereocenters. The van der Waals surface area contributed by atoms with Crippen LogP contribution in [0.25, 0.3) is 17.0 Å². The standard InChI is InChI=1S/C21H20N6O2/c1-13-5-6-14(20-25-21(29-26-20)15-9-22-10-15)8-16(13)23-12-18(28)17-11-24-19-4-2-3-7-27(17)19/h2-8,11,15,22-23H,9-10,12H2,1H3. The van der Waals surface area contributed by atoms with Crippen LogP contribution in [0.5, 0.6) is 0 Å². The first-order valence-corrected chi connectivity index (χ1v) is 9.53. The van der Waals surface area contributed by atoms with Crippen molar-refractivity contribution in [3.8, 4) is 11.4 Å². The molecule has 0 amide bonds. The maximum atomic E-state index is 12.7. The van der Waals surface area contributed by atoms with E-state index in [-0.39, 0.29) is 12.3 Å². The van der Waals surface area contributed by atoms with E-state index in [4.69, 9.17) is 4.52 Å². The summed E-state index contributed by atoms with van der Waals surface area (Å²) in [5, 5.41) is 10.6. The average molecular weight is 388 g/mol. The lowest BCUT2D eigenvalue weighted by molar-refractivity contribution is 0.100. The van der Waals surface area contributed by atoms with Crippen LogP contribution in [-0.4, -0.2) is 44.9 Å². The van der Waals surface area contributed by atoms with Crippen molar-refractivity contribution in [2.24, 2.45) is 0 Å². The fraction of sp³-hybridized carbons (Fsp3) is 0.238. The molecule has 29 heavy (non-hydrogen) atoms. The highest BCUT2D eigenvalue weighted by Crippen LogP contribution is 2.26. The van der Waals surface area contributed by atoms with E-state index in [0.717, 1.165) is 35.6 Å². The Morgan fingerprint density at radius 1 is 1.31 bits per heavy atom. The zero-order valence-electron chi connectivity index (χ0n) is 15.9. The summed E-state index contributed by atoms with van der Waals surface area (Å²) in [4.78, 5) is 21.5. The molecule has 1 saturated heterocycles. The van der Waals surface area contributed by atoms with Gasteiger partial charge < -0.3 is 15.2 Å². The second-order valence-electron chi connectivity index (χ2n) is 7.19. The maximum Gasteiger partial charge on any atom is 0.232 e. The number of carbonyl (C=O) groups is 1. The predicted molar refractivity (Wildman–Crippen MR) is 108 cm³/mol. The van der Waals surface area contributed by atoms with Crippen molar-refractivity contribution in [2.75, 3.05) is 25.0 Å². The molecule has 3 aromatic heterocycles. The average Bonchev–Trinajstić information content (AvgIpc) is 3.33. The Labute approximate surface area is 167 Å². The van der Waals surface area contributed by atoms with Crippen LogP contribution in [0, 0.1) is 6.92 Å². The van der Waals surface area contributed by atoms with Crippen LogP contribution in [0.3, 0.4) is 0 Å². The van der Waals surface area contributed by atoms with Gasteiger partial charge in [0, 0.05) is 30.5 Å². The minimum atomic E-state index is -0.0344. The molecule has 0 bridgehead atoms. The summed E-state index contributed by atoms with van der Waals surface area (Å²) in [6.45, 7) is 3.90. The second-order valence-corrected chi connectivity index (χ2v) is 7.19. The zero-order chi connectivity index (χ0) is 19.8. The number of carbonyl (C=O) groups excluding carboxylic acids is 1. The first-order chi connectivity index (χ1) is 14.2. The molecule has 0 atom stereocenters. The Morgan fingerprint density at radius 2 is 2.21 bits per heavy atom. The second kappa shape index (κ2) is 7.14. The summed E-state index contributed by atoms with van der Waals surface area (Å²) in [5.74, 6) is 1.48. The number of pyridine rings is 1. The topological polar surface area (TPSA) is 97.4 Å². The number of benzene rings is 1. The number of rotatable bonds is 6. The molecular weight excluding hydrogens is 368 g/mol. The normalized spacial score (nSPS) is 14.1. The molecule has 2 N–H and O–H groups in total. The molecule has 8 nitrogen and oxygen atoms in total. The van der Waals surface area contributed by atoms with Crippen LogP contribution >= 0.6 is 0 Å². The number of aromatic nitrogens is 4. The molecular formula is C21H20N6O2. The van der Waals surface area contributed by atoms with Crippen LogP contribution in [0.15, 0.2) is 53.3 Å². The van der Waals surface area contributed by atoms with Gasteiger partial charge in [-0.25, -0.2) is 4.98 Å². The fourth-order valence-corrected chi connectivity index (χ4v) is 3.34. The van der Waals surface area contributed by atoms with Gasteiger partial charge in [0.25, 0.3) is 0 Å². The quantitative estimate of drug-likeness (QED) is 0.490. The van der Waals surface area contributed by atoms with E-state index in [1.165, 1.54) is 0 Å². The molecule has 0 radical (unpaired) electrons. The molecule has 8 heteroatoms. The first kappa shape index (κ1) is 17.6. The highest BCUT2D eigenvalue weighted by Gasteiger charge is 2.25. The number of nitrogens with one attached hydrogen (secondary N) is 2. The summed E-state index contributed by atoms with van der Waals surface area (Å²) in [7, 11) is 0. The monoisotopic (exact) mass is 388 g/mol. The van der Waals surface area contributed by atoms with Crippen molar-refractivity contribution in [3.63, 3.8) is 0 Å². The SMILES string of the molecule is Cc1ccc(-c2noc(C3CNC3)n2)cc1NCC(=O)c1cnc2ccccn12. The molecule has 0 aliphatic carbocycles. The number of aryl methyl sites for hydroxylation is 1. The van der Waals surface area contributed by atoms with E-state index in [0.29, 0.717) is 23.3 Å². The molecule has 0 saturated carbocycles. The van der Waals surface area contributed by atoms with Gasteiger partial charge in [-0.2, -0.15) is 4.98 Å². The van der Waals surface area contributed by atoms with Gasteiger partial charge in [-0.1, -0.05) is 23.4 Å². The zero-order valence-corrected chi connectivity index (χ0v) is 15.9. The van der Waals surface area contributed by atoms with Gasteiger partial charge >= 0.3 is 0 Å². The van der Waals surface area contributed by atoms with E-state index >= 15 is 0 Å². The van der Waals surface area contributed by atoms with Crippen molar-refractivity contribution in [1.82, 2.24) is 24.8 Å². The van der Waals surface area contributed by atoms with Gasteiger partial charge in [0.05, 0.1) is 18.7 Å². The van der Waals surface area contributed by atoms with Gasteiger partial charge in [0.2, 0.25) is 11.7 Å². The lowest BCUT2D eigenvalue weighted by atomic mass is 10.0. The van der Waals surface area contributed by atoms with Gasteiger partial charge in [-0.3, -0.25) is 9.20 Å². The van der Waals surface area contributed by atoms with Crippen LogP contribution < -0.4 is 10.6 Å². The number of imidazole rings is 1. The third-order valence-corrected chi connectivity index (χ3v) is 5.21. The number of ketones is 1. The highest BCUT2D eigenvalue weighted by atomic mass is 16.5. The minimum Gasteiger partial charge on any atom is -0.377 e. The number of nitrogens with zero attached hydrogens (tertiary/aromatic N) is 4. The molecule has 1 aromatic carbocycles. The predicted octanol–water partition coefficient (Wildman–Crippen LogP) is 2.67.